The molecule has 0 amide bonds. The van der Waals surface area contributed by atoms with Crippen LogP contribution in [0.3, 0.4) is 0 Å². The van der Waals surface area contributed by atoms with E-state index in [2.05, 4.69) is 13.8 Å². The Hall–Kier alpha value is -1.84. The normalized spacial score (nSPS) is 14.8. The lowest BCUT2D eigenvalue weighted by molar-refractivity contribution is -0.146. The summed E-state index contributed by atoms with van der Waals surface area (Å²) in [5.74, 6) is -1.61. The SMILES string of the molecule is CCCCCCCCC(CCC)(C(=O)O)c1ccccc1C(CCC)(CCCCCCCC)C(=O)O. The highest BCUT2D eigenvalue weighted by atomic mass is 16.4. The number of hydrogen-bond acceptors (Lipinski definition) is 2. The summed E-state index contributed by atoms with van der Waals surface area (Å²) in [6, 6.07) is 7.64. The minimum absolute atomic E-state index is 0.535. The van der Waals surface area contributed by atoms with Gasteiger partial charge in [-0.3, -0.25) is 9.59 Å². The molecule has 0 fully saturated rings. The zero-order chi connectivity index (χ0) is 26.9. The van der Waals surface area contributed by atoms with E-state index >= 15 is 0 Å². The van der Waals surface area contributed by atoms with E-state index in [1.165, 1.54) is 38.5 Å². The van der Waals surface area contributed by atoms with E-state index in [4.69, 9.17) is 0 Å². The van der Waals surface area contributed by atoms with Crippen molar-refractivity contribution >= 4 is 11.9 Å². The first kappa shape index (κ1) is 32.2. The van der Waals surface area contributed by atoms with Gasteiger partial charge in [-0.2, -0.15) is 0 Å². The fourth-order valence-electron chi connectivity index (χ4n) is 6.03. The Balaban J connectivity index is 3.40. The molecule has 0 aliphatic heterocycles. The Morgan fingerprint density at radius 1 is 0.528 bits per heavy atom. The largest absolute Gasteiger partial charge is 0.481 e. The molecule has 0 bridgehead atoms. The average molecular weight is 503 g/mol. The standard InChI is InChI=1S/C32H54O4/c1-5-9-11-13-15-19-25-31(23-7-3,29(33)34)27-21-17-18-22-28(27)32(24-8-4,30(35)36)26-20-16-14-12-10-6-2/h17-18,21-22H,5-16,19-20,23-26H2,1-4H3,(H,33,34)(H,35,36). The maximum absolute atomic E-state index is 13.0. The second-order valence-corrected chi connectivity index (χ2v) is 10.9. The summed E-state index contributed by atoms with van der Waals surface area (Å²) < 4.78 is 0. The Morgan fingerprint density at radius 3 is 1.17 bits per heavy atom. The lowest BCUT2D eigenvalue weighted by Crippen LogP contribution is -2.42. The van der Waals surface area contributed by atoms with E-state index in [9.17, 15) is 19.8 Å². The minimum Gasteiger partial charge on any atom is -0.481 e. The number of carboxylic acids is 2. The average Bonchev–Trinajstić information content (AvgIpc) is 2.86. The smallest absolute Gasteiger partial charge is 0.314 e. The van der Waals surface area contributed by atoms with Gasteiger partial charge in [-0.1, -0.05) is 142 Å². The summed E-state index contributed by atoms with van der Waals surface area (Å²) in [6.45, 7) is 8.47. The molecule has 1 aromatic rings. The zero-order valence-corrected chi connectivity index (χ0v) is 23.7. The van der Waals surface area contributed by atoms with Crippen LogP contribution in [-0.2, 0) is 20.4 Å². The Kier molecular flexibility index (Phi) is 15.7. The predicted molar refractivity (Wildman–Crippen MR) is 151 cm³/mol. The summed E-state index contributed by atoms with van der Waals surface area (Å²) in [5, 5.41) is 21.3. The maximum atomic E-state index is 13.0. The maximum Gasteiger partial charge on any atom is 0.314 e. The van der Waals surface area contributed by atoms with Crippen molar-refractivity contribution in [2.45, 2.75) is 154 Å². The number of carbonyl (C=O) groups is 2. The zero-order valence-electron chi connectivity index (χ0n) is 23.7. The van der Waals surface area contributed by atoms with Gasteiger partial charge in [-0.05, 0) is 36.8 Å². The van der Waals surface area contributed by atoms with Gasteiger partial charge in [0.2, 0.25) is 0 Å². The van der Waals surface area contributed by atoms with Crippen LogP contribution in [0, 0.1) is 0 Å². The second kappa shape index (κ2) is 17.6. The van der Waals surface area contributed by atoms with Crippen LogP contribution in [-0.4, -0.2) is 22.2 Å². The van der Waals surface area contributed by atoms with Crippen molar-refractivity contribution in [1.29, 1.82) is 0 Å². The van der Waals surface area contributed by atoms with Crippen molar-refractivity contribution in [3.05, 3.63) is 35.4 Å². The highest BCUT2D eigenvalue weighted by Gasteiger charge is 2.47. The fraction of sp³-hybridized carbons (Fsp3) is 0.750. The van der Waals surface area contributed by atoms with Gasteiger partial charge in [0.1, 0.15) is 0 Å². The molecule has 1 aromatic carbocycles. The molecule has 1 rings (SSSR count). The Bertz CT molecular complexity index is 695. The quantitative estimate of drug-likeness (QED) is 0.155. The minimum atomic E-state index is -1.04. The molecule has 36 heavy (non-hydrogen) atoms. The van der Waals surface area contributed by atoms with Gasteiger partial charge < -0.3 is 10.2 Å². The van der Waals surface area contributed by atoms with Gasteiger partial charge >= 0.3 is 11.9 Å². The van der Waals surface area contributed by atoms with Gasteiger partial charge in [0.25, 0.3) is 0 Å². The van der Waals surface area contributed by atoms with Crippen LogP contribution in [0.5, 0.6) is 0 Å². The first-order valence-corrected chi connectivity index (χ1v) is 14.9. The molecule has 2 N–H and O–H groups in total. The summed E-state index contributed by atoms with van der Waals surface area (Å²) in [4.78, 5) is 26.0. The number of carboxylic acid groups (broad SMARTS) is 2. The van der Waals surface area contributed by atoms with Crippen molar-refractivity contribution in [2.24, 2.45) is 0 Å². The van der Waals surface area contributed by atoms with Crippen molar-refractivity contribution in [3.63, 3.8) is 0 Å². The predicted octanol–water partition coefficient (Wildman–Crippen LogP) is 9.43. The molecular weight excluding hydrogens is 448 g/mol. The van der Waals surface area contributed by atoms with Crippen LogP contribution >= 0.6 is 0 Å². The van der Waals surface area contributed by atoms with Gasteiger partial charge in [0, 0.05) is 0 Å². The molecule has 4 heteroatoms. The molecule has 0 aromatic heterocycles. The van der Waals surface area contributed by atoms with Crippen LogP contribution in [0.1, 0.15) is 154 Å². The molecule has 0 saturated carbocycles. The van der Waals surface area contributed by atoms with E-state index in [1.54, 1.807) is 0 Å². The van der Waals surface area contributed by atoms with Gasteiger partial charge in [0.05, 0.1) is 10.8 Å². The Morgan fingerprint density at radius 2 is 0.861 bits per heavy atom. The van der Waals surface area contributed by atoms with Crippen LogP contribution in [0.15, 0.2) is 24.3 Å². The molecule has 0 radical (unpaired) electrons. The third-order valence-corrected chi connectivity index (χ3v) is 8.04. The Labute approximate surface area is 221 Å². The molecule has 206 valence electrons. The number of rotatable bonds is 22. The lowest BCUT2D eigenvalue weighted by atomic mass is 9.64. The van der Waals surface area contributed by atoms with E-state index in [0.717, 1.165) is 62.5 Å². The second-order valence-electron chi connectivity index (χ2n) is 10.9. The molecular formula is C32H54O4. The summed E-state index contributed by atoms with van der Waals surface area (Å²) >= 11 is 0. The molecule has 0 saturated heterocycles. The van der Waals surface area contributed by atoms with E-state index in [1.807, 2.05) is 38.1 Å². The fourth-order valence-corrected chi connectivity index (χ4v) is 6.03. The molecule has 0 aliphatic carbocycles. The van der Waals surface area contributed by atoms with Gasteiger partial charge in [-0.15, -0.1) is 0 Å². The summed E-state index contributed by atoms with van der Waals surface area (Å²) in [5.41, 5.74) is -0.582. The molecule has 2 atom stereocenters. The van der Waals surface area contributed by atoms with E-state index in [0.29, 0.717) is 25.7 Å². The molecule has 2 unspecified atom stereocenters. The molecule has 4 nitrogen and oxygen atoms in total. The van der Waals surface area contributed by atoms with Crippen molar-refractivity contribution in [1.82, 2.24) is 0 Å². The topological polar surface area (TPSA) is 74.6 Å². The highest BCUT2D eigenvalue weighted by Crippen LogP contribution is 2.45. The van der Waals surface area contributed by atoms with Crippen molar-refractivity contribution in [3.8, 4) is 0 Å². The van der Waals surface area contributed by atoms with Crippen molar-refractivity contribution in [2.75, 3.05) is 0 Å². The highest BCUT2D eigenvalue weighted by molar-refractivity contribution is 5.86. The lowest BCUT2D eigenvalue weighted by Gasteiger charge is -2.38. The number of benzene rings is 1. The first-order valence-electron chi connectivity index (χ1n) is 14.9. The summed E-state index contributed by atoms with van der Waals surface area (Å²) in [6.07, 6.45) is 16.9. The first-order chi connectivity index (χ1) is 17.4. The van der Waals surface area contributed by atoms with Crippen LogP contribution in [0.25, 0.3) is 0 Å². The number of unbranched alkanes of at least 4 members (excludes halogenated alkanes) is 10. The number of hydrogen-bond donors (Lipinski definition) is 2. The van der Waals surface area contributed by atoms with Crippen LogP contribution in [0.4, 0.5) is 0 Å². The van der Waals surface area contributed by atoms with Crippen molar-refractivity contribution < 1.29 is 19.8 Å². The van der Waals surface area contributed by atoms with E-state index < -0.39 is 22.8 Å². The van der Waals surface area contributed by atoms with Crippen LogP contribution < -0.4 is 0 Å². The van der Waals surface area contributed by atoms with Crippen LogP contribution in [0.2, 0.25) is 0 Å². The monoisotopic (exact) mass is 502 g/mol. The summed E-state index contributed by atoms with van der Waals surface area (Å²) in [7, 11) is 0. The molecule has 0 spiro atoms. The third kappa shape index (κ3) is 8.92. The number of aliphatic carboxylic acids is 2. The third-order valence-electron chi connectivity index (χ3n) is 8.04. The molecule has 0 heterocycles. The van der Waals surface area contributed by atoms with Gasteiger partial charge in [0.15, 0.2) is 0 Å². The van der Waals surface area contributed by atoms with Gasteiger partial charge in [-0.25, -0.2) is 0 Å². The molecule has 0 aliphatic rings. The van der Waals surface area contributed by atoms with E-state index in [-0.39, 0.29) is 0 Å².